The van der Waals surface area contributed by atoms with Crippen LogP contribution in [0.2, 0.25) is 0 Å². The largest absolute Gasteiger partial charge is 0.497 e. The first-order valence-electron chi connectivity index (χ1n) is 11.6. The third-order valence-electron chi connectivity index (χ3n) is 6.60. The maximum Gasteiger partial charge on any atom is 0.227 e. The minimum Gasteiger partial charge on any atom is -0.497 e. The van der Waals surface area contributed by atoms with Gasteiger partial charge < -0.3 is 14.8 Å². The average molecular weight is 483 g/mol. The van der Waals surface area contributed by atoms with Gasteiger partial charge in [-0.15, -0.1) is 5.10 Å². The average Bonchev–Trinajstić information content (AvgIpc) is 3.31. The van der Waals surface area contributed by atoms with Gasteiger partial charge in [-0.05, 0) is 55.5 Å². The fraction of sp³-hybridized carbons (Fsp3) is 0.214. The Balaban J connectivity index is 1.62. The zero-order valence-corrected chi connectivity index (χ0v) is 20.9. The summed E-state index contributed by atoms with van der Waals surface area (Å²) in [6.07, 6.45) is 1.69. The summed E-state index contributed by atoms with van der Waals surface area (Å²) < 4.78 is 14.1. The molecule has 2 unspecified atom stereocenters. The third kappa shape index (κ3) is 3.67. The molecule has 3 aromatic carbocycles. The minimum absolute atomic E-state index is 0.170. The summed E-state index contributed by atoms with van der Waals surface area (Å²) in [5.74, 6) is 2.40. The highest BCUT2D eigenvalue weighted by Crippen LogP contribution is 2.51. The molecule has 7 heteroatoms. The molecule has 0 bridgehead atoms. The van der Waals surface area contributed by atoms with Crippen LogP contribution in [0.15, 0.2) is 77.5 Å². The molecule has 0 amide bonds. The molecule has 2 aliphatic heterocycles. The van der Waals surface area contributed by atoms with Crippen molar-refractivity contribution < 1.29 is 9.47 Å². The Labute approximate surface area is 209 Å². The molecule has 1 N–H and O–H groups in total. The van der Waals surface area contributed by atoms with Crippen LogP contribution >= 0.6 is 11.8 Å². The Morgan fingerprint density at radius 1 is 0.943 bits per heavy atom. The predicted molar refractivity (Wildman–Crippen MR) is 139 cm³/mol. The van der Waals surface area contributed by atoms with E-state index in [4.69, 9.17) is 19.6 Å². The minimum atomic E-state index is -0.306. The van der Waals surface area contributed by atoms with E-state index in [0.717, 1.165) is 50.6 Å². The normalized spacial score (nSPS) is 18.2. The number of rotatable bonds is 4. The smallest absolute Gasteiger partial charge is 0.227 e. The standard InChI is InChI=1S/C28H26N4O2S/c1-16-5-8-18(9-6-16)25-23-24(29-27-30-28(35-4)31-32(25)27)21-15-17(2)7-14-22(21)34-26(23)19-10-12-20(33-3)13-11-19/h5-15,25-26H,1-4H3,(H,29,30,31). The molecule has 0 spiro atoms. The summed E-state index contributed by atoms with van der Waals surface area (Å²) in [7, 11) is 1.68. The van der Waals surface area contributed by atoms with E-state index in [0.29, 0.717) is 0 Å². The van der Waals surface area contributed by atoms with Crippen LogP contribution in [-0.4, -0.2) is 28.1 Å². The maximum atomic E-state index is 6.73. The summed E-state index contributed by atoms with van der Waals surface area (Å²) >= 11 is 1.54. The van der Waals surface area contributed by atoms with E-state index in [1.54, 1.807) is 7.11 Å². The number of benzene rings is 3. The predicted octanol–water partition coefficient (Wildman–Crippen LogP) is 6.19. The second-order valence-electron chi connectivity index (χ2n) is 8.91. The second kappa shape index (κ2) is 8.50. The van der Waals surface area contributed by atoms with Gasteiger partial charge in [-0.25, -0.2) is 4.68 Å². The monoisotopic (exact) mass is 482 g/mol. The summed E-state index contributed by atoms with van der Waals surface area (Å²) in [5.41, 5.74) is 7.78. The Hall–Kier alpha value is -3.71. The lowest BCUT2D eigenvalue weighted by molar-refractivity contribution is 0.222. The molecule has 3 heterocycles. The van der Waals surface area contributed by atoms with E-state index in [1.807, 2.05) is 23.1 Å². The zero-order chi connectivity index (χ0) is 24.1. The molecule has 1 aromatic heterocycles. The number of anilines is 1. The van der Waals surface area contributed by atoms with Gasteiger partial charge in [0.2, 0.25) is 11.1 Å². The van der Waals surface area contributed by atoms with Gasteiger partial charge in [-0.1, -0.05) is 65.4 Å². The van der Waals surface area contributed by atoms with Crippen molar-refractivity contribution in [1.82, 2.24) is 14.8 Å². The van der Waals surface area contributed by atoms with E-state index < -0.39 is 0 Å². The molecule has 6 rings (SSSR count). The van der Waals surface area contributed by atoms with Crippen LogP contribution < -0.4 is 14.8 Å². The van der Waals surface area contributed by atoms with Gasteiger partial charge in [0.15, 0.2) is 0 Å². The van der Waals surface area contributed by atoms with Crippen LogP contribution in [0.5, 0.6) is 11.5 Å². The summed E-state index contributed by atoms with van der Waals surface area (Å²) in [6.45, 7) is 4.21. The maximum absolute atomic E-state index is 6.73. The number of nitrogens with one attached hydrogen (secondary N) is 1. The van der Waals surface area contributed by atoms with Crippen molar-refractivity contribution in [3.8, 4) is 11.5 Å². The third-order valence-corrected chi connectivity index (χ3v) is 7.14. The lowest BCUT2D eigenvalue weighted by Crippen LogP contribution is -2.32. The molecule has 6 nitrogen and oxygen atoms in total. The number of ether oxygens (including phenoxy) is 2. The molecule has 2 aliphatic rings. The van der Waals surface area contributed by atoms with Gasteiger partial charge in [0, 0.05) is 11.1 Å². The SMILES string of the molecule is COc1ccc(C2Oc3ccc(C)cc3C3=C2C(c2ccc(C)cc2)n2nc(SC)nc2N3)cc1. The number of thioether (sulfide) groups is 1. The molecule has 0 saturated carbocycles. The van der Waals surface area contributed by atoms with Crippen molar-refractivity contribution in [2.24, 2.45) is 0 Å². The molecule has 4 aromatic rings. The molecule has 0 radical (unpaired) electrons. The Kier molecular flexibility index (Phi) is 5.29. The molecule has 2 atom stereocenters. The molecular formula is C28H26N4O2S. The zero-order valence-electron chi connectivity index (χ0n) is 20.1. The Bertz CT molecular complexity index is 1440. The Morgan fingerprint density at radius 3 is 2.37 bits per heavy atom. The van der Waals surface area contributed by atoms with Crippen molar-refractivity contribution in [3.63, 3.8) is 0 Å². The van der Waals surface area contributed by atoms with Crippen molar-refractivity contribution in [2.45, 2.75) is 31.1 Å². The first-order valence-corrected chi connectivity index (χ1v) is 12.8. The first kappa shape index (κ1) is 21.8. The van der Waals surface area contributed by atoms with Crippen molar-refractivity contribution >= 4 is 23.4 Å². The summed E-state index contributed by atoms with van der Waals surface area (Å²) in [6, 6.07) is 22.9. The molecule has 35 heavy (non-hydrogen) atoms. The van der Waals surface area contributed by atoms with Gasteiger partial charge in [0.25, 0.3) is 0 Å². The molecule has 0 aliphatic carbocycles. The lowest BCUT2D eigenvalue weighted by atomic mass is 9.84. The van der Waals surface area contributed by atoms with E-state index in [1.165, 1.54) is 22.9 Å². The molecular weight excluding hydrogens is 456 g/mol. The Morgan fingerprint density at radius 2 is 1.66 bits per heavy atom. The number of fused-ring (bicyclic) bond motifs is 3. The fourth-order valence-corrected chi connectivity index (χ4v) is 5.18. The van der Waals surface area contributed by atoms with Gasteiger partial charge in [0.05, 0.1) is 12.8 Å². The van der Waals surface area contributed by atoms with Crippen LogP contribution in [0, 0.1) is 13.8 Å². The second-order valence-corrected chi connectivity index (χ2v) is 9.68. The molecule has 0 fully saturated rings. The number of hydrogen-bond donors (Lipinski definition) is 1. The van der Waals surface area contributed by atoms with Crippen LogP contribution in [0.3, 0.4) is 0 Å². The van der Waals surface area contributed by atoms with E-state index in [9.17, 15) is 0 Å². The number of aryl methyl sites for hydroxylation is 2. The number of methoxy groups -OCH3 is 1. The number of nitrogens with zero attached hydrogens (tertiary/aromatic N) is 3. The van der Waals surface area contributed by atoms with Crippen molar-refractivity contribution in [2.75, 3.05) is 18.7 Å². The topological polar surface area (TPSA) is 61.2 Å². The highest BCUT2D eigenvalue weighted by atomic mass is 32.2. The first-order chi connectivity index (χ1) is 17.1. The highest BCUT2D eigenvalue weighted by molar-refractivity contribution is 7.98. The van der Waals surface area contributed by atoms with Gasteiger partial charge >= 0.3 is 0 Å². The van der Waals surface area contributed by atoms with Crippen molar-refractivity contribution in [3.05, 3.63) is 100 Å². The number of hydrogen-bond acceptors (Lipinski definition) is 6. The van der Waals surface area contributed by atoms with E-state index in [2.05, 4.69) is 73.8 Å². The summed E-state index contributed by atoms with van der Waals surface area (Å²) in [4.78, 5) is 4.78. The lowest BCUT2D eigenvalue weighted by Gasteiger charge is -2.39. The quantitative estimate of drug-likeness (QED) is 0.350. The fourth-order valence-electron chi connectivity index (χ4n) is 4.83. The van der Waals surface area contributed by atoms with Crippen molar-refractivity contribution in [1.29, 1.82) is 0 Å². The van der Waals surface area contributed by atoms with E-state index in [-0.39, 0.29) is 12.1 Å². The van der Waals surface area contributed by atoms with Crippen LogP contribution in [0.4, 0.5) is 5.95 Å². The van der Waals surface area contributed by atoms with Crippen LogP contribution in [0.25, 0.3) is 5.70 Å². The highest BCUT2D eigenvalue weighted by Gasteiger charge is 2.41. The number of aromatic nitrogens is 3. The van der Waals surface area contributed by atoms with Crippen LogP contribution in [-0.2, 0) is 0 Å². The summed E-state index contributed by atoms with van der Waals surface area (Å²) in [5, 5.41) is 9.22. The van der Waals surface area contributed by atoms with Gasteiger partial charge in [0.1, 0.15) is 23.6 Å². The van der Waals surface area contributed by atoms with Gasteiger partial charge in [-0.3, -0.25) is 0 Å². The van der Waals surface area contributed by atoms with Crippen LogP contribution in [0.1, 0.15) is 40.0 Å². The van der Waals surface area contributed by atoms with Gasteiger partial charge in [-0.2, -0.15) is 4.98 Å². The molecule has 0 saturated heterocycles. The molecule has 176 valence electrons. The van der Waals surface area contributed by atoms with E-state index >= 15 is 0 Å².